The zero-order valence-electron chi connectivity index (χ0n) is 16.5. The van der Waals surface area contributed by atoms with Crippen molar-refractivity contribution in [3.05, 3.63) is 28.0 Å². The number of hydrogen-bond acceptors (Lipinski definition) is 4. The number of carbonyl (C=O) groups is 3. The summed E-state index contributed by atoms with van der Waals surface area (Å²) in [5.41, 5.74) is -1.85. The van der Waals surface area contributed by atoms with Crippen LogP contribution in [0.5, 0.6) is 0 Å². The maximum Gasteiger partial charge on any atom is 0.471 e. The fourth-order valence-electron chi connectivity index (χ4n) is 2.92. The summed E-state index contributed by atoms with van der Waals surface area (Å²) in [4.78, 5) is 37.5. The molecule has 166 valence electrons. The highest BCUT2D eigenvalue weighted by atomic mass is 79.9. The quantitative estimate of drug-likeness (QED) is 0.476. The van der Waals surface area contributed by atoms with Crippen molar-refractivity contribution in [1.29, 1.82) is 0 Å². The molecular weight excluding hydrogens is 476 g/mol. The minimum absolute atomic E-state index is 0.0598. The zero-order chi connectivity index (χ0) is 22.9. The first-order valence-electron chi connectivity index (χ1n) is 9.09. The minimum Gasteiger partial charge on any atom is -0.444 e. The number of amides is 2. The Labute approximate surface area is 179 Å². The number of Topliss-reactive ketones (excluding diaryl/α,β-unsaturated/α-hetero) is 1. The van der Waals surface area contributed by atoms with Crippen LogP contribution in [0.4, 0.5) is 28.0 Å². The Morgan fingerprint density at radius 2 is 1.70 bits per heavy atom. The summed E-state index contributed by atoms with van der Waals surface area (Å²) in [6, 6.07) is 2.13. The van der Waals surface area contributed by atoms with Gasteiger partial charge in [0.15, 0.2) is 11.6 Å². The van der Waals surface area contributed by atoms with Crippen molar-refractivity contribution in [2.45, 2.75) is 45.4 Å². The molecule has 0 bridgehead atoms. The predicted octanol–water partition coefficient (Wildman–Crippen LogP) is 4.92. The molecule has 0 aromatic heterocycles. The van der Waals surface area contributed by atoms with Crippen LogP contribution in [0.2, 0.25) is 0 Å². The molecule has 0 spiro atoms. The number of rotatable bonds is 3. The highest BCUT2D eigenvalue weighted by molar-refractivity contribution is 9.10. The van der Waals surface area contributed by atoms with E-state index in [9.17, 15) is 31.9 Å². The van der Waals surface area contributed by atoms with Gasteiger partial charge in [-0.15, -0.1) is 0 Å². The van der Waals surface area contributed by atoms with E-state index >= 15 is 0 Å². The summed E-state index contributed by atoms with van der Waals surface area (Å²) in [5, 5.41) is 1.44. The molecule has 1 heterocycles. The third kappa shape index (κ3) is 5.93. The highest BCUT2D eigenvalue weighted by Gasteiger charge is 2.39. The Morgan fingerprint density at radius 1 is 1.13 bits per heavy atom. The van der Waals surface area contributed by atoms with E-state index in [1.807, 2.05) is 0 Å². The molecule has 6 nitrogen and oxygen atoms in total. The number of halogens is 5. The first-order chi connectivity index (χ1) is 13.7. The van der Waals surface area contributed by atoms with Crippen LogP contribution in [-0.4, -0.2) is 47.6 Å². The molecule has 2 rings (SSSR count). The molecule has 2 amide bonds. The second-order valence-corrected chi connectivity index (χ2v) is 8.70. The van der Waals surface area contributed by atoms with Crippen molar-refractivity contribution in [2.75, 3.05) is 18.4 Å². The number of anilines is 1. The van der Waals surface area contributed by atoms with Crippen LogP contribution in [0.1, 0.15) is 44.0 Å². The third-order valence-electron chi connectivity index (χ3n) is 4.36. The monoisotopic (exact) mass is 496 g/mol. The lowest BCUT2D eigenvalue weighted by Gasteiger charge is -2.33. The number of nitrogens with one attached hydrogen (secondary N) is 1. The predicted molar refractivity (Wildman–Crippen MR) is 104 cm³/mol. The van der Waals surface area contributed by atoms with Crippen LogP contribution < -0.4 is 5.32 Å². The Kier molecular flexibility index (Phi) is 7.16. The first kappa shape index (κ1) is 24.1. The van der Waals surface area contributed by atoms with Gasteiger partial charge in [0.25, 0.3) is 0 Å². The molecule has 1 saturated heterocycles. The fraction of sp³-hybridized carbons (Fsp3) is 0.526. The number of likely N-dealkylation sites (tertiary alicyclic amines) is 1. The maximum atomic E-state index is 14.8. The van der Waals surface area contributed by atoms with Crippen molar-refractivity contribution < 1.29 is 36.7 Å². The van der Waals surface area contributed by atoms with Crippen molar-refractivity contribution in [3.63, 3.8) is 0 Å². The molecule has 1 aliphatic heterocycles. The van der Waals surface area contributed by atoms with Crippen LogP contribution in [0.25, 0.3) is 0 Å². The average molecular weight is 497 g/mol. The summed E-state index contributed by atoms with van der Waals surface area (Å²) >= 11 is 3.04. The smallest absolute Gasteiger partial charge is 0.444 e. The average Bonchev–Trinajstić information content (AvgIpc) is 2.62. The van der Waals surface area contributed by atoms with Gasteiger partial charge in [0.05, 0.1) is 11.3 Å². The van der Waals surface area contributed by atoms with Crippen LogP contribution in [-0.2, 0) is 9.53 Å². The Hall–Kier alpha value is -2.17. The van der Waals surface area contributed by atoms with Gasteiger partial charge in [-0.05, 0) is 61.7 Å². The van der Waals surface area contributed by atoms with Gasteiger partial charge in [-0.2, -0.15) is 13.2 Å². The maximum absolute atomic E-state index is 14.8. The lowest BCUT2D eigenvalue weighted by atomic mass is 9.88. The molecule has 1 aromatic rings. The number of benzene rings is 1. The number of piperidine rings is 1. The topological polar surface area (TPSA) is 75.7 Å². The molecule has 30 heavy (non-hydrogen) atoms. The van der Waals surface area contributed by atoms with E-state index in [2.05, 4.69) is 15.9 Å². The molecule has 0 radical (unpaired) electrons. The molecule has 1 aliphatic rings. The number of carbonyl (C=O) groups excluding carboxylic acids is 3. The lowest BCUT2D eigenvalue weighted by molar-refractivity contribution is -0.167. The van der Waals surface area contributed by atoms with Gasteiger partial charge in [0.2, 0.25) is 0 Å². The second kappa shape index (κ2) is 8.91. The van der Waals surface area contributed by atoms with Gasteiger partial charge < -0.3 is 15.0 Å². The van der Waals surface area contributed by atoms with Crippen LogP contribution in [0, 0.1) is 11.7 Å². The Morgan fingerprint density at radius 3 is 2.20 bits per heavy atom. The van der Waals surface area contributed by atoms with Crippen molar-refractivity contribution in [2.24, 2.45) is 5.92 Å². The van der Waals surface area contributed by atoms with Crippen molar-refractivity contribution in [1.82, 2.24) is 4.90 Å². The van der Waals surface area contributed by atoms with E-state index < -0.39 is 52.5 Å². The zero-order valence-corrected chi connectivity index (χ0v) is 18.1. The van der Waals surface area contributed by atoms with Crippen LogP contribution >= 0.6 is 15.9 Å². The van der Waals surface area contributed by atoms with E-state index in [4.69, 9.17) is 4.74 Å². The second-order valence-electron chi connectivity index (χ2n) is 7.84. The standard InChI is InChI=1S/C19H21BrF4N2O4/c1-18(2,3)30-17(29)26-8-6-10(7-9-26)15(27)13-11(20)4-5-12(14(13)21)25-16(28)19(22,23)24/h4-5,10H,6-9H2,1-3H3,(H,25,28). The summed E-state index contributed by atoms with van der Waals surface area (Å²) in [6.45, 7) is 5.62. The molecule has 1 fully saturated rings. The van der Waals surface area contributed by atoms with Gasteiger partial charge in [-0.25, -0.2) is 9.18 Å². The van der Waals surface area contributed by atoms with E-state index in [0.717, 1.165) is 6.07 Å². The first-order valence-corrected chi connectivity index (χ1v) is 9.88. The molecule has 11 heteroatoms. The largest absolute Gasteiger partial charge is 0.471 e. The van der Waals surface area contributed by atoms with E-state index in [0.29, 0.717) is 0 Å². The van der Waals surface area contributed by atoms with Gasteiger partial charge in [-0.3, -0.25) is 9.59 Å². The van der Waals surface area contributed by atoms with Crippen LogP contribution in [0.3, 0.4) is 0 Å². The molecule has 1 aromatic carbocycles. The number of alkyl halides is 3. The summed E-state index contributed by atoms with van der Waals surface area (Å²) in [7, 11) is 0. The van der Waals surface area contributed by atoms with E-state index in [1.165, 1.54) is 16.3 Å². The van der Waals surface area contributed by atoms with E-state index in [1.54, 1.807) is 20.8 Å². The normalized spacial score (nSPS) is 15.7. The van der Waals surface area contributed by atoms with E-state index in [-0.39, 0.29) is 30.4 Å². The highest BCUT2D eigenvalue weighted by Crippen LogP contribution is 2.32. The van der Waals surface area contributed by atoms with Gasteiger partial charge in [0.1, 0.15) is 5.60 Å². The molecule has 1 N–H and O–H groups in total. The summed E-state index contributed by atoms with van der Waals surface area (Å²) in [5.74, 6) is -4.84. The number of ketones is 1. The van der Waals surface area contributed by atoms with Crippen molar-refractivity contribution in [3.8, 4) is 0 Å². The SMILES string of the molecule is CC(C)(C)OC(=O)N1CCC(C(=O)c2c(Br)ccc(NC(=O)C(F)(F)F)c2F)CC1. The Balaban J connectivity index is 2.13. The number of hydrogen-bond donors (Lipinski definition) is 1. The number of nitrogens with zero attached hydrogens (tertiary/aromatic N) is 1. The van der Waals surface area contributed by atoms with Gasteiger partial charge in [-0.1, -0.05) is 0 Å². The summed E-state index contributed by atoms with van der Waals surface area (Å²) < 4.78 is 57.4. The summed E-state index contributed by atoms with van der Waals surface area (Å²) in [6.07, 6.45) is -5.23. The molecule has 0 saturated carbocycles. The van der Waals surface area contributed by atoms with Gasteiger partial charge in [0, 0.05) is 23.5 Å². The molecule has 0 aliphatic carbocycles. The van der Waals surface area contributed by atoms with Crippen molar-refractivity contribution >= 4 is 39.4 Å². The third-order valence-corrected chi connectivity index (χ3v) is 5.02. The lowest BCUT2D eigenvalue weighted by Crippen LogP contribution is -2.43. The minimum atomic E-state index is -5.20. The molecule has 0 unspecified atom stereocenters. The Bertz CT molecular complexity index is 844. The number of ether oxygens (including phenoxy) is 1. The molecular formula is C19H21BrF4N2O4. The van der Waals surface area contributed by atoms with Crippen LogP contribution in [0.15, 0.2) is 16.6 Å². The molecule has 0 atom stereocenters. The fourth-order valence-corrected chi connectivity index (χ4v) is 3.42. The van der Waals surface area contributed by atoms with Gasteiger partial charge >= 0.3 is 18.2 Å².